The van der Waals surface area contributed by atoms with Crippen LogP contribution in [0.25, 0.3) is 0 Å². The molecule has 0 aromatic heterocycles. The van der Waals surface area contributed by atoms with Crippen molar-refractivity contribution in [3.8, 4) is 0 Å². The predicted molar refractivity (Wildman–Crippen MR) is 285 cm³/mol. The average molecular weight is 941 g/mol. The molecule has 4 N–H and O–H groups in total. The molecule has 0 saturated carbocycles. The summed E-state index contributed by atoms with van der Waals surface area (Å²) in [6.45, 7) is 7.40. The maximum atomic E-state index is 12.0. The lowest BCUT2D eigenvalue weighted by atomic mass is 10.0. The molecule has 0 saturated heterocycles. The molecule has 0 aromatic carbocycles. The van der Waals surface area contributed by atoms with Gasteiger partial charge < -0.3 is 25.3 Å². The van der Waals surface area contributed by atoms with Crippen LogP contribution < -0.4 is 0 Å². The molecule has 1 amide bonds. The molecule has 0 unspecified atom stereocenters. The number of amides is 1. The van der Waals surface area contributed by atoms with Crippen LogP contribution in [0.15, 0.2) is 0 Å². The zero-order valence-corrected chi connectivity index (χ0v) is 44.7. The molecule has 0 fully saturated rings. The number of rotatable bonds is 52. The van der Waals surface area contributed by atoms with Gasteiger partial charge in [0.25, 0.3) is 0 Å². The highest BCUT2D eigenvalue weighted by molar-refractivity contribution is 5.76. The van der Waals surface area contributed by atoms with Crippen molar-refractivity contribution in [2.24, 2.45) is 0 Å². The molecule has 0 aliphatic rings. The Morgan fingerprint density at radius 1 is 0.273 bits per heavy atom. The Morgan fingerprint density at radius 3 is 0.606 bits per heavy atom. The van der Waals surface area contributed by atoms with Crippen molar-refractivity contribution in [2.45, 2.75) is 329 Å². The van der Waals surface area contributed by atoms with Gasteiger partial charge in [-0.2, -0.15) is 0 Å². The van der Waals surface area contributed by atoms with Crippen molar-refractivity contribution in [1.82, 2.24) is 4.90 Å². The van der Waals surface area contributed by atoms with Gasteiger partial charge >= 0.3 is 11.9 Å². The Morgan fingerprint density at radius 2 is 0.439 bits per heavy atom. The standard InChI is InChI=1S/C22H45NO3.2C18H36O2/c1-2-3-4-5-6-7-8-9-10-11-12-13-14-15-16-17-22(26)23(18-20-24)19-21-25;2*1-2-3-4-5-6-7-8-9-10-11-12-13-14-15-16-17-18(19)20/h24-25H,2-21H2,1H3;2*2-17H2,1H3,(H,19,20). The molecule has 0 rings (SSSR count). The second-order valence-corrected chi connectivity index (χ2v) is 19.7. The summed E-state index contributed by atoms with van der Waals surface area (Å²) in [5, 5.41) is 34.9. The number of aliphatic hydroxyl groups is 2. The van der Waals surface area contributed by atoms with Crippen LogP contribution >= 0.6 is 0 Å². The molecule has 8 heteroatoms. The summed E-state index contributed by atoms with van der Waals surface area (Å²) in [5.41, 5.74) is 0. The normalized spacial score (nSPS) is 10.9. The summed E-state index contributed by atoms with van der Waals surface area (Å²) < 4.78 is 0. The van der Waals surface area contributed by atoms with Crippen LogP contribution in [0.4, 0.5) is 0 Å². The third kappa shape index (κ3) is 66.6. The topological polar surface area (TPSA) is 135 Å². The lowest BCUT2D eigenvalue weighted by Crippen LogP contribution is -2.35. The first-order chi connectivity index (χ1) is 32.3. The van der Waals surface area contributed by atoms with E-state index in [4.69, 9.17) is 20.4 Å². The molecular formula is C58H117NO7. The number of carbonyl (C=O) groups excluding carboxylic acids is 1. The number of carbonyl (C=O) groups is 3. The van der Waals surface area contributed by atoms with Crippen molar-refractivity contribution < 1.29 is 34.8 Å². The maximum Gasteiger partial charge on any atom is 0.303 e. The van der Waals surface area contributed by atoms with E-state index >= 15 is 0 Å². The van der Waals surface area contributed by atoms with E-state index in [2.05, 4.69) is 20.8 Å². The number of carboxylic acid groups (broad SMARTS) is 2. The summed E-state index contributed by atoms with van der Waals surface area (Å²) in [7, 11) is 0. The van der Waals surface area contributed by atoms with Crippen LogP contribution in [-0.4, -0.2) is 69.5 Å². The third-order valence-corrected chi connectivity index (χ3v) is 13.1. The van der Waals surface area contributed by atoms with Crippen LogP contribution in [0.5, 0.6) is 0 Å². The van der Waals surface area contributed by atoms with E-state index in [9.17, 15) is 14.4 Å². The molecule has 0 bridgehead atoms. The van der Waals surface area contributed by atoms with Crippen LogP contribution in [0.1, 0.15) is 329 Å². The van der Waals surface area contributed by atoms with Gasteiger partial charge in [-0.1, -0.05) is 290 Å². The first kappa shape index (κ1) is 68.6. The molecule has 0 radical (unpaired) electrons. The van der Waals surface area contributed by atoms with E-state index in [0.29, 0.717) is 32.4 Å². The zero-order chi connectivity index (χ0) is 49.1. The van der Waals surface area contributed by atoms with E-state index in [1.54, 1.807) is 4.90 Å². The fourth-order valence-electron chi connectivity index (χ4n) is 8.70. The Labute approximate surface area is 411 Å². The third-order valence-electron chi connectivity index (χ3n) is 13.1. The van der Waals surface area contributed by atoms with Gasteiger partial charge in [0, 0.05) is 32.4 Å². The second-order valence-electron chi connectivity index (χ2n) is 19.7. The highest BCUT2D eigenvalue weighted by Gasteiger charge is 2.11. The molecule has 0 aliphatic carbocycles. The average Bonchev–Trinajstić information content (AvgIpc) is 3.30. The van der Waals surface area contributed by atoms with Crippen LogP contribution in [-0.2, 0) is 14.4 Å². The smallest absolute Gasteiger partial charge is 0.303 e. The maximum absolute atomic E-state index is 12.0. The zero-order valence-electron chi connectivity index (χ0n) is 44.7. The van der Waals surface area contributed by atoms with Crippen LogP contribution in [0, 0.1) is 0 Å². The Balaban J connectivity index is -0.000000914. The summed E-state index contributed by atoms with van der Waals surface area (Å²) in [5.74, 6) is -1.25. The van der Waals surface area contributed by atoms with Crippen molar-refractivity contribution >= 4 is 17.8 Å². The van der Waals surface area contributed by atoms with Crippen molar-refractivity contribution in [3.63, 3.8) is 0 Å². The molecular weight excluding hydrogens is 823 g/mol. The first-order valence-electron chi connectivity index (χ1n) is 29.2. The number of aliphatic hydroxyl groups excluding tert-OH is 2. The quantitative estimate of drug-likeness (QED) is 0.0446. The lowest BCUT2D eigenvalue weighted by molar-refractivity contribution is -0.138. The monoisotopic (exact) mass is 940 g/mol. The fourth-order valence-corrected chi connectivity index (χ4v) is 8.70. The van der Waals surface area contributed by atoms with Gasteiger partial charge in [-0.05, 0) is 19.3 Å². The predicted octanol–water partition coefficient (Wildman–Crippen LogP) is 17.7. The van der Waals surface area contributed by atoms with E-state index in [-0.39, 0.29) is 19.1 Å². The van der Waals surface area contributed by atoms with Gasteiger partial charge in [0.05, 0.1) is 13.2 Å². The number of unbranched alkanes of at least 4 members (excludes halogenated alkanes) is 42. The van der Waals surface area contributed by atoms with Gasteiger partial charge in [-0.15, -0.1) is 0 Å². The van der Waals surface area contributed by atoms with E-state index in [0.717, 1.165) is 38.5 Å². The molecule has 396 valence electrons. The minimum absolute atomic E-state index is 0.0371. The molecule has 0 heterocycles. The van der Waals surface area contributed by atoms with Crippen LogP contribution in [0.2, 0.25) is 0 Å². The summed E-state index contributed by atoms with van der Waals surface area (Å²) in [6, 6.07) is 0. The Hall–Kier alpha value is -1.67. The van der Waals surface area contributed by atoms with Crippen LogP contribution in [0.3, 0.4) is 0 Å². The number of nitrogens with zero attached hydrogens (tertiary/aromatic N) is 1. The molecule has 0 aromatic rings. The minimum Gasteiger partial charge on any atom is -0.481 e. The van der Waals surface area contributed by atoms with Crippen molar-refractivity contribution in [3.05, 3.63) is 0 Å². The van der Waals surface area contributed by atoms with E-state index in [1.165, 1.54) is 250 Å². The second kappa shape index (κ2) is 63.3. The number of hydrogen-bond acceptors (Lipinski definition) is 5. The van der Waals surface area contributed by atoms with Gasteiger partial charge in [-0.25, -0.2) is 0 Å². The molecule has 66 heavy (non-hydrogen) atoms. The largest absolute Gasteiger partial charge is 0.481 e. The summed E-state index contributed by atoms with van der Waals surface area (Å²) in [6.07, 6.45) is 60.7. The van der Waals surface area contributed by atoms with Crippen molar-refractivity contribution in [1.29, 1.82) is 0 Å². The minimum atomic E-state index is -0.653. The Bertz CT molecular complexity index is 881. The molecule has 0 atom stereocenters. The molecule has 8 nitrogen and oxygen atoms in total. The first-order valence-corrected chi connectivity index (χ1v) is 29.2. The number of aliphatic carboxylic acids is 2. The van der Waals surface area contributed by atoms with Gasteiger partial charge in [0.2, 0.25) is 5.91 Å². The lowest BCUT2D eigenvalue weighted by Gasteiger charge is -2.20. The highest BCUT2D eigenvalue weighted by Crippen LogP contribution is 2.17. The van der Waals surface area contributed by atoms with Gasteiger partial charge in [0.1, 0.15) is 0 Å². The Kier molecular flexibility index (Phi) is 65.8. The fraction of sp³-hybridized carbons (Fsp3) is 0.948. The highest BCUT2D eigenvalue weighted by atomic mass is 16.4. The number of hydrogen-bond donors (Lipinski definition) is 4. The summed E-state index contributed by atoms with van der Waals surface area (Å²) in [4.78, 5) is 34.2. The number of carboxylic acids is 2. The van der Waals surface area contributed by atoms with Gasteiger partial charge in [0.15, 0.2) is 0 Å². The molecule has 0 aliphatic heterocycles. The van der Waals surface area contributed by atoms with Crippen molar-refractivity contribution in [2.75, 3.05) is 26.3 Å². The van der Waals surface area contributed by atoms with Gasteiger partial charge in [-0.3, -0.25) is 14.4 Å². The summed E-state index contributed by atoms with van der Waals surface area (Å²) >= 11 is 0. The van der Waals surface area contributed by atoms with E-state index in [1.807, 2.05) is 0 Å². The molecule has 0 spiro atoms. The van der Waals surface area contributed by atoms with E-state index < -0.39 is 11.9 Å². The SMILES string of the molecule is CCCCCCCCCCCCCCCCCC(=O)N(CCO)CCO.CCCCCCCCCCCCCCCCCC(=O)O.CCCCCCCCCCCCCCCCCC(=O)O.